The van der Waals surface area contributed by atoms with Crippen LogP contribution in [0.5, 0.6) is 0 Å². The minimum Gasteiger partial charge on any atom is -0.378 e. The Hall–Kier alpha value is -2.23. The van der Waals surface area contributed by atoms with Crippen LogP contribution >= 0.6 is 0 Å². The van der Waals surface area contributed by atoms with Gasteiger partial charge in [0.2, 0.25) is 0 Å². The molecule has 2 N–H and O–H groups in total. The second kappa shape index (κ2) is 5.82. The zero-order valence-electron chi connectivity index (χ0n) is 12.4. The highest BCUT2D eigenvalue weighted by Gasteiger charge is 2.07. The second-order valence-corrected chi connectivity index (χ2v) is 5.23. The third-order valence-corrected chi connectivity index (χ3v) is 3.34. The largest absolute Gasteiger partial charge is 0.378 e. The normalized spacial score (nSPS) is 10.4. The van der Waals surface area contributed by atoms with E-state index in [9.17, 15) is 4.79 Å². The van der Waals surface area contributed by atoms with Gasteiger partial charge in [0.1, 0.15) is 0 Å². The minimum atomic E-state index is -0.0476. The molecule has 4 heteroatoms. The highest BCUT2D eigenvalue weighted by Crippen LogP contribution is 2.13. The van der Waals surface area contributed by atoms with Crippen molar-refractivity contribution in [2.24, 2.45) is 0 Å². The SMILES string of the molecule is Cc1cc(CNC(=O)c2ccc(N(C)C)cc2)c(C)[nH]1. The zero-order chi connectivity index (χ0) is 14.7. The number of anilines is 1. The first kappa shape index (κ1) is 14.2. The lowest BCUT2D eigenvalue weighted by Gasteiger charge is -2.12. The molecule has 2 rings (SSSR count). The fourth-order valence-electron chi connectivity index (χ4n) is 2.15. The predicted molar refractivity (Wildman–Crippen MR) is 82.2 cm³/mol. The Labute approximate surface area is 119 Å². The lowest BCUT2D eigenvalue weighted by atomic mass is 10.1. The van der Waals surface area contributed by atoms with Crippen LogP contribution in [0.15, 0.2) is 30.3 Å². The molecule has 0 aliphatic carbocycles. The molecule has 4 nitrogen and oxygen atoms in total. The van der Waals surface area contributed by atoms with E-state index in [4.69, 9.17) is 0 Å². The number of carbonyl (C=O) groups excluding carboxylic acids is 1. The van der Waals surface area contributed by atoms with Crippen LogP contribution in [-0.4, -0.2) is 25.0 Å². The maximum Gasteiger partial charge on any atom is 0.251 e. The van der Waals surface area contributed by atoms with E-state index < -0.39 is 0 Å². The molecule has 1 amide bonds. The number of carbonyl (C=O) groups is 1. The summed E-state index contributed by atoms with van der Waals surface area (Å²) in [6.45, 7) is 4.57. The third kappa shape index (κ3) is 3.20. The summed E-state index contributed by atoms with van der Waals surface area (Å²) in [7, 11) is 3.96. The van der Waals surface area contributed by atoms with Crippen molar-refractivity contribution in [3.8, 4) is 0 Å². The number of aryl methyl sites for hydroxylation is 2. The van der Waals surface area contributed by atoms with E-state index in [-0.39, 0.29) is 5.91 Å². The maximum atomic E-state index is 12.1. The monoisotopic (exact) mass is 271 g/mol. The number of nitrogens with one attached hydrogen (secondary N) is 2. The molecule has 0 atom stereocenters. The lowest BCUT2D eigenvalue weighted by Crippen LogP contribution is -2.23. The first-order valence-electron chi connectivity index (χ1n) is 6.68. The first-order valence-corrected chi connectivity index (χ1v) is 6.68. The number of amides is 1. The van der Waals surface area contributed by atoms with Crippen molar-refractivity contribution in [2.45, 2.75) is 20.4 Å². The molecule has 1 heterocycles. The van der Waals surface area contributed by atoms with Crippen molar-refractivity contribution in [3.63, 3.8) is 0 Å². The topological polar surface area (TPSA) is 48.1 Å². The molecule has 1 aromatic carbocycles. The molecule has 106 valence electrons. The second-order valence-electron chi connectivity index (χ2n) is 5.23. The summed E-state index contributed by atoms with van der Waals surface area (Å²) in [6, 6.07) is 9.64. The molecule has 20 heavy (non-hydrogen) atoms. The van der Waals surface area contributed by atoms with E-state index in [1.54, 1.807) is 0 Å². The van der Waals surface area contributed by atoms with Crippen molar-refractivity contribution in [1.29, 1.82) is 0 Å². The van der Waals surface area contributed by atoms with Gasteiger partial charge in [-0.1, -0.05) is 0 Å². The average molecular weight is 271 g/mol. The van der Waals surface area contributed by atoms with E-state index in [1.807, 2.05) is 57.1 Å². The van der Waals surface area contributed by atoms with E-state index >= 15 is 0 Å². The molecule has 0 aliphatic heterocycles. The first-order chi connectivity index (χ1) is 9.47. The van der Waals surface area contributed by atoms with Gasteiger partial charge in [0.05, 0.1) is 0 Å². The van der Waals surface area contributed by atoms with Crippen LogP contribution in [0.25, 0.3) is 0 Å². The Morgan fingerprint density at radius 3 is 2.35 bits per heavy atom. The number of hydrogen-bond acceptors (Lipinski definition) is 2. The molecular weight excluding hydrogens is 250 g/mol. The summed E-state index contributed by atoms with van der Waals surface area (Å²) in [5, 5.41) is 2.95. The number of nitrogens with zero attached hydrogens (tertiary/aromatic N) is 1. The Morgan fingerprint density at radius 2 is 1.85 bits per heavy atom. The quantitative estimate of drug-likeness (QED) is 0.898. The number of H-pyrrole nitrogens is 1. The van der Waals surface area contributed by atoms with Crippen molar-refractivity contribution in [1.82, 2.24) is 10.3 Å². The van der Waals surface area contributed by atoms with Crippen LogP contribution in [0, 0.1) is 13.8 Å². The van der Waals surface area contributed by atoms with Crippen LogP contribution in [0.3, 0.4) is 0 Å². The molecule has 0 spiro atoms. The highest BCUT2D eigenvalue weighted by atomic mass is 16.1. The number of hydrogen-bond donors (Lipinski definition) is 2. The summed E-state index contributed by atoms with van der Waals surface area (Å²) in [5.41, 5.74) is 5.10. The van der Waals surface area contributed by atoms with E-state index in [0.717, 1.165) is 22.6 Å². The smallest absolute Gasteiger partial charge is 0.251 e. The standard InChI is InChI=1S/C16H21N3O/c1-11-9-14(12(2)18-11)10-17-16(20)13-5-7-15(8-6-13)19(3)4/h5-9,18H,10H2,1-4H3,(H,17,20). The number of benzene rings is 1. The summed E-state index contributed by atoms with van der Waals surface area (Å²) >= 11 is 0. The van der Waals surface area contributed by atoms with Gasteiger partial charge in [0.25, 0.3) is 5.91 Å². The Bertz CT molecular complexity index is 597. The van der Waals surface area contributed by atoms with Gasteiger partial charge in [-0.25, -0.2) is 0 Å². The van der Waals surface area contributed by atoms with Gasteiger partial charge < -0.3 is 15.2 Å². The summed E-state index contributed by atoms with van der Waals surface area (Å²) in [6.07, 6.45) is 0. The van der Waals surface area contributed by atoms with Gasteiger partial charge in [-0.2, -0.15) is 0 Å². The van der Waals surface area contributed by atoms with Crippen LogP contribution in [0.2, 0.25) is 0 Å². The Kier molecular flexibility index (Phi) is 4.13. The van der Waals surface area contributed by atoms with Crippen molar-refractivity contribution < 1.29 is 4.79 Å². The molecule has 0 saturated heterocycles. The van der Waals surface area contributed by atoms with Crippen molar-refractivity contribution in [2.75, 3.05) is 19.0 Å². The number of rotatable bonds is 4. The summed E-state index contributed by atoms with van der Waals surface area (Å²) in [4.78, 5) is 17.3. The van der Waals surface area contributed by atoms with Gasteiger partial charge in [0, 0.05) is 43.3 Å². The van der Waals surface area contributed by atoms with Gasteiger partial charge >= 0.3 is 0 Å². The van der Waals surface area contributed by atoms with Crippen LogP contribution < -0.4 is 10.2 Å². The molecule has 0 fully saturated rings. The van der Waals surface area contributed by atoms with E-state index in [1.165, 1.54) is 0 Å². The van der Waals surface area contributed by atoms with Crippen LogP contribution in [0.4, 0.5) is 5.69 Å². The fourth-order valence-corrected chi connectivity index (χ4v) is 2.15. The molecule has 0 aliphatic rings. The van der Waals surface area contributed by atoms with E-state index in [0.29, 0.717) is 12.1 Å². The molecule has 0 unspecified atom stereocenters. The number of aromatic amines is 1. The van der Waals surface area contributed by atoms with Gasteiger partial charge in [-0.15, -0.1) is 0 Å². The maximum absolute atomic E-state index is 12.1. The Balaban J connectivity index is 1.99. The molecule has 0 saturated carbocycles. The van der Waals surface area contributed by atoms with Crippen LogP contribution in [0.1, 0.15) is 27.3 Å². The van der Waals surface area contributed by atoms with Crippen LogP contribution in [-0.2, 0) is 6.54 Å². The van der Waals surface area contributed by atoms with Gasteiger partial charge in [-0.05, 0) is 49.7 Å². The lowest BCUT2D eigenvalue weighted by molar-refractivity contribution is 0.0951. The van der Waals surface area contributed by atoms with E-state index in [2.05, 4.69) is 16.4 Å². The fraction of sp³-hybridized carbons (Fsp3) is 0.312. The molecule has 2 aromatic rings. The molecule has 1 aromatic heterocycles. The summed E-state index contributed by atoms with van der Waals surface area (Å²) in [5.74, 6) is -0.0476. The third-order valence-electron chi connectivity index (χ3n) is 3.34. The average Bonchev–Trinajstić information content (AvgIpc) is 2.74. The predicted octanol–water partition coefficient (Wildman–Crippen LogP) is 2.63. The Morgan fingerprint density at radius 1 is 1.20 bits per heavy atom. The number of aromatic nitrogens is 1. The van der Waals surface area contributed by atoms with Gasteiger partial charge in [-0.3, -0.25) is 4.79 Å². The van der Waals surface area contributed by atoms with Gasteiger partial charge in [0.15, 0.2) is 0 Å². The zero-order valence-corrected chi connectivity index (χ0v) is 12.4. The van der Waals surface area contributed by atoms with Crippen molar-refractivity contribution in [3.05, 3.63) is 52.8 Å². The summed E-state index contributed by atoms with van der Waals surface area (Å²) < 4.78 is 0. The molecule has 0 radical (unpaired) electrons. The molecular formula is C16H21N3O. The van der Waals surface area contributed by atoms with Crippen molar-refractivity contribution >= 4 is 11.6 Å². The minimum absolute atomic E-state index is 0.0476. The molecule has 0 bridgehead atoms. The highest BCUT2D eigenvalue weighted by molar-refractivity contribution is 5.94.